The molecule has 2 atom stereocenters. The minimum Gasteiger partial charge on any atom is -0.301 e. The Morgan fingerprint density at radius 1 is 1.25 bits per heavy atom. The van der Waals surface area contributed by atoms with Gasteiger partial charge >= 0.3 is 0 Å². The van der Waals surface area contributed by atoms with Gasteiger partial charge in [-0.15, -0.1) is 0 Å². The van der Waals surface area contributed by atoms with Crippen molar-refractivity contribution in [3.8, 4) is 0 Å². The maximum Gasteiger partial charge on any atom is 0.0101 e. The first kappa shape index (κ1) is 10.0. The average molecular weight is 169 g/mol. The van der Waals surface area contributed by atoms with Gasteiger partial charge in [-0.05, 0) is 38.6 Å². The Bertz CT molecular complexity index is 146. The Hall–Kier alpha value is -0.0400. The summed E-state index contributed by atoms with van der Waals surface area (Å²) in [7, 11) is 2.27. The summed E-state index contributed by atoms with van der Waals surface area (Å²) < 4.78 is 0. The van der Waals surface area contributed by atoms with Gasteiger partial charge in [0.05, 0.1) is 0 Å². The van der Waals surface area contributed by atoms with E-state index in [-0.39, 0.29) is 0 Å². The molecule has 1 fully saturated rings. The van der Waals surface area contributed by atoms with Crippen LogP contribution >= 0.6 is 0 Å². The van der Waals surface area contributed by atoms with E-state index in [2.05, 4.69) is 39.6 Å². The van der Waals surface area contributed by atoms with Crippen molar-refractivity contribution < 1.29 is 0 Å². The number of nitrogens with zero attached hydrogens (tertiary/aromatic N) is 1. The van der Waals surface area contributed by atoms with Crippen LogP contribution in [0, 0.1) is 5.41 Å². The molecule has 0 bridgehead atoms. The molecule has 1 heterocycles. The lowest BCUT2D eigenvalue weighted by Gasteiger charge is -2.29. The van der Waals surface area contributed by atoms with Crippen molar-refractivity contribution in [2.45, 2.75) is 59.0 Å². The van der Waals surface area contributed by atoms with Crippen molar-refractivity contribution in [1.29, 1.82) is 0 Å². The van der Waals surface area contributed by atoms with E-state index >= 15 is 0 Å². The largest absolute Gasteiger partial charge is 0.301 e. The highest BCUT2D eigenvalue weighted by Gasteiger charge is 2.30. The van der Waals surface area contributed by atoms with Crippen molar-refractivity contribution in [2.24, 2.45) is 5.41 Å². The van der Waals surface area contributed by atoms with E-state index in [9.17, 15) is 0 Å². The van der Waals surface area contributed by atoms with Crippen molar-refractivity contribution in [1.82, 2.24) is 4.90 Å². The van der Waals surface area contributed by atoms with E-state index in [1.165, 1.54) is 19.3 Å². The van der Waals surface area contributed by atoms with Gasteiger partial charge in [-0.1, -0.05) is 20.8 Å². The topological polar surface area (TPSA) is 3.24 Å². The smallest absolute Gasteiger partial charge is 0.0101 e. The normalized spacial score (nSPS) is 32.8. The molecule has 0 spiro atoms. The van der Waals surface area contributed by atoms with Gasteiger partial charge in [-0.3, -0.25) is 0 Å². The SMILES string of the molecule is CC1CCC(CC(C)(C)C)N1C. The van der Waals surface area contributed by atoms with Crippen LogP contribution in [0.25, 0.3) is 0 Å². The third kappa shape index (κ3) is 2.48. The van der Waals surface area contributed by atoms with E-state index in [0.29, 0.717) is 5.41 Å². The van der Waals surface area contributed by atoms with E-state index in [1.807, 2.05) is 0 Å². The van der Waals surface area contributed by atoms with Gasteiger partial charge in [-0.2, -0.15) is 0 Å². The molecule has 1 aliphatic rings. The number of hydrogen-bond acceptors (Lipinski definition) is 1. The molecule has 0 amide bonds. The third-order valence-electron chi connectivity index (χ3n) is 3.04. The van der Waals surface area contributed by atoms with Crippen LogP contribution in [0.15, 0.2) is 0 Å². The molecule has 1 rings (SSSR count). The summed E-state index contributed by atoms with van der Waals surface area (Å²) in [5, 5.41) is 0. The van der Waals surface area contributed by atoms with Crippen LogP contribution in [0.1, 0.15) is 47.0 Å². The van der Waals surface area contributed by atoms with Gasteiger partial charge in [0.15, 0.2) is 0 Å². The second kappa shape index (κ2) is 3.37. The van der Waals surface area contributed by atoms with E-state index in [4.69, 9.17) is 0 Å². The molecule has 1 aliphatic heterocycles. The Morgan fingerprint density at radius 3 is 2.17 bits per heavy atom. The van der Waals surface area contributed by atoms with E-state index in [1.54, 1.807) is 0 Å². The highest BCUT2D eigenvalue weighted by molar-refractivity contribution is 4.85. The minimum absolute atomic E-state index is 0.489. The van der Waals surface area contributed by atoms with Gasteiger partial charge in [0, 0.05) is 12.1 Å². The molecule has 0 aromatic carbocycles. The first-order valence-corrected chi connectivity index (χ1v) is 5.12. The molecule has 0 saturated carbocycles. The Labute approximate surface area is 77.1 Å². The van der Waals surface area contributed by atoms with E-state index in [0.717, 1.165) is 12.1 Å². The molecule has 1 nitrogen and oxygen atoms in total. The zero-order valence-electron chi connectivity index (χ0n) is 9.22. The maximum absolute atomic E-state index is 2.55. The van der Waals surface area contributed by atoms with Gasteiger partial charge < -0.3 is 4.90 Å². The molecule has 0 N–H and O–H groups in total. The molecule has 0 aromatic rings. The summed E-state index contributed by atoms with van der Waals surface area (Å²) in [4.78, 5) is 2.55. The van der Waals surface area contributed by atoms with Gasteiger partial charge in [0.25, 0.3) is 0 Å². The molecule has 72 valence electrons. The van der Waals surface area contributed by atoms with Crippen LogP contribution in [0.3, 0.4) is 0 Å². The van der Waals surface area contributed by atoms with Crippen LogP contribution in [-0.2, 0) is 0 Å². The summed E-state index contributed by atoms with van der Waals surface area (Å²) in [5.41, 5.74) is 0.489. The van der Waals surface area contributed by atoms with Gasteiger partial charge in [-0.25, -0.2) is 0 Å². The summed E-state index contributed by atoms with van der Waals surface area (Å²) in [6.07, 6.45) is 4.13. The minimum atomic E-state index is 0.489. The zero-order valence-corrected chi connectivity index (χ0v) is 9.22. The van der Waals surface area contributed by atoms with Crippen LogP contribution in [-0.4, -0.2) is 24.0 Å². The summed E-state index contributed by atoms with van der Waals surface area (Å²) in [6, 6.07) is 1.64. The van der Waals surface area contributed by atoms with Crippen molar-refractivity contribution >= 4 is 0 Å². The Morgan fingerprint density at radius 2 is 1.83 bits per heavy atom. The molecule has 2 unspecified atom stereocenters. The van der Waals surface area contributed by atoms with Crippen molar-refractivity contribution in [2.75, 3.05) is 7.05 Å². The average Bonchev–Trinajstić information content (AvgIpc) is 2.16. The monoisotopic (exact) mass is 169 g/mol. The number of likely N-dealkylation sites (tertiary alicyclic amines) is 1. The quantitative estimate of drug-likeness (QED) is 0.583. The number of rotatable bonds is 1. The fourth-order valence-corrected chi connectivity index (χ4v) is 2.15. The van der Waals surface area contributed by atoms with Gasteiger partial charge in [0.2, 0.25) is 0 Å². The van der Waals surface area contributed by atoms with Crippen LogP contribution in [0.5, 0.6) is 0 Å². The number of hydrogen-bond donors (Lipinski definition) is 0. The third-order valence-corrected chi connectivity index (χ3v) is 3.04. The lowest BCUT2D eigenvalue weighted by atomic mass is 9.87. The van der Waals surface area contributed by atoms with Gasteiger partial charge in [0.1, 0.15) is 0 Å². The molecule has 0 radical (unpaired) electrons. The maximum atomic E-state index is 2.55. The first-order valence-electron chi connectivity index (χ1n) is 5.12. The lowest BCUT2D eigenvalue weighted by molar-refractivity contribution is 0.193. The summed E-state index contributed by atoms with van der Waals surface area (Å²) in [6.45, 7) is 9.35. The second-order valence-corrected chi connectivity index (χ2v) is 5.51. The zero-order chi connectivity index (χ0) is 9.35. The van der Waals surface area contributed by atoms with Crippen molar-refractivity contribution in [3.05, 3.63) is 0 Å². The second-order valence-electron chi connectivity index (χ2n) is 5.51. The summed E-state index contributed by atoms with van der Waals surface area (Å²) >= 11 is 0. The fourth-order valence-electron chi connectivity index (χ4n) is 2.15. The molecule has 1 saturated heterocycles. The molecular weight excluding hydrogens is 146 g/mol. The highest BCUT2D eigenvalue weighted by Crippen LogP contribution is 2.31. The predicted molar refractivity (Wildman–Crippen MR) is 54.3 cm³/mol. The standard InChI is InChI=1S/C11H23N/c1-9-6-7-10(12(9)5)8-11(2,3)4/h9-10H,6-8H2,1-5H3. The van der Waals surface area contributed by atoms with E-state index < -0.39 is 0 Å². The molecular formula is C11H23N. The van der Waals surface area contributed by atoms with Crippen molar-refractivity contribution in [3.63, 3.8) is 0 Å². The first-order chi connectivity index (χ1) is 5.40. The molecule has 0 aromatic heterocycles. The highest BCUT2D eigenvalue weighted by atomic mass is 15.2. The Balaban J connectivity index is 2.44. The Kier molecular flexibility index (Phi) is 2.82. The fraction of sp³-hybridized carbons (Fsp3) is 1.00. The van der Waals surface area contributed by atoms with Crippen LogP contribution < -0.4 is 0 Å². The molecule has 0 aliphatic carbocycles. The summed E-state index contributed by atoms with van der Waals surface area (Å²) in [5.74, 6) is 0. The molecule has 1 heteroatoms. The van der Waals surface area contributed by atoms with Crippen LogP contribution in [0.2, 0.25) is 0 Å². The predicted octanol–water partition coefficient (Wildman–Crippen LogP) is 2.91. The van der Waals surface area contributed by atoms with Crippen LogP contribution in [0.4, 0.5) is 0 Å². The lowest BCUT2D eigenvalue weighted by Crippen LogP contribution is -2.33. The molecule has 12 heavy (non-hydrogen) atoms.